The summed E-state index contributed by atoms with van der Waals surface area (Å²) >= 11 is 1.66. The molecule has 0 aliphatic heterocycles. The lowest BCUT2D eigenvalue weighted by Gasteiger charge is -2.09. The van der Waals surface area contributed by atoms with E-state index in [1.54, 1.807) is 17.5 Å². The van der Waals surface area contributed by atoms with Gasteiger partial charge in [0, 0.05) is 11.1 Å². The summed E-state index contributed by atoms with van der Waals surface area (Å²) in [4.78, 5) is 26.3. The van der Waals surface area contributed by atoms with Gasteiger partial charge in [-0.25, -0.2) is 4.98 Å². The first-order valence-electron chi connectivity index (χ1n) is 7.49. The van der Waals surface area contributed by atoms with Gasteiger partial charge in [0.15, 0.2) is 0 Å². The molecule has 0 aromatic carbocycles. The van der Waals surface area contributed by atoms with Gasteiger partial charge in [0.1, 0.15) is 4.83 Å². The van der Waals surface area contributed by atoms with Gasteiger partial charge in [-0.1, -0.05) is 6.07 Å². The molecule has 0 amide bonds. The fourth-order valence-electron chi connectivity index (χ4n) is 2.92. The number of anilines is 1. The predicted octanol–water partition coefficient (Wildman–Crippen LogP) is 2.87. The Kier molecular flexibility index (Phi) is 3.38. The third-order valence-corrected chi connectivity index (χ3v) is 5.17. The zero-order valence-electron chi connectivity index (χ0n) is 12.1. The average Bonchev–Trinajstić information content (AvgIpc) is 2.92. The fraction of sp³-hybridized carbons (Fsp3) is 0.312. The largest absolute Gasteiger partial charge is 0.350 e. The normalized spacial score (nSPS) is 14.0. The quantitative estimate of drug-likeness (QED) is 0.780. The molecule has 3 heterocycles. The lowest BCUT2D eigenvalue weighted by Crippen LogP contribution is -2.14. The van der Waals surface area contributed by atoms with Crippen molar-refractivity contribution < 1.29 is 0 Å². The molecular weight excluding hydrogens is 296 g/mol. The van der Waals surface area contributed by atoms with Crippen molar-refractivity contribution in [1.29, 1.82) is 0 Å². The van der Waals surface area contributed by atoms with E-state index in [-0.39, 0.29) is 5.56 Å². The number of fused-ring (bicyclic) bond motifs is 3. The van der Waals surface area contributed by atoms with E-state index in [0.717, 1.165) is 35.2 Å². The molecular formula is C16H16N4OS. The van der Waals surface area contributed by atoms with Gasteiger partial charge in [-0.15, -0.1) is 11.3 Å². The van der Waals surface area contributed by atoms with E-state index < -0.39 is 0 Å². The number of hydrogen-bond donors (Lipinski definition) is 2. The van der Waals surface area contributed by atoms with E-state index in [1.807, 2.05) is 18.2 Å². The number of aryl methyl sites for hydroxylation is 2. The molecule has 0 spiro atoms. The number of rotatable bonds is 3. The fourth-order valence-corrected chi connectivity index (χ4v) is 4.19. The monoisotopic (exact) mass is 312 g/mol. The number of aromatic nitrogens is 3. The minimum atomic E-state index is -0.0343. The summed E-state index contributed by atoms with van der Waals surface area (Å²) in [5.74, 6) is 0.516. The second-order valence-electron chi connectivity index (χ2n) is 5.48. The summed E-state index contributed by atoms with van der Waals surface area (Å²) in [6.45, 7) is 0.542. The number of pyridine rings is 1. The van der Waals surface area contributed by atoms with Crippen molar-refractivity contribution >= 4 is 27.5 Å². The van der Waals surface area contributed by atoms with Crippen LogP contribution in [0.25, 0.3) is 10.2 Å². The average molecular weight is 312 g/mol. The summed E-state index contributed by atoms with van der Waals surface area (Å²) in [5, 5.41) is 3.95. The van der Waals surface area contributed by atoms with Gasteiger partial charge in [0.05, 0.1) is 17.6 Å². The minimum absolute atomic E-state index is 0.0343. The van der Waals surface area contributed by atoms with Crippen LogP contribution in [0.1, 0.15) is 29.0 Å². The van der Waals surface area contributed by atoms with E-state index in [1.165, 1.54) is 16.9 Å². The standard InChI is InChI=1S/C16H16N4OS/c21-14-13-11-6-1-2-7-12(11)22-15(13)20-16(19-14)18-9-10-5-3-4-8-17-10/h3-5,8H,1-2,6-7,9H2,(H2,18,19,20,21). The first-order valence-corrected chi connectivity index (χ1v) is 8.31. The highest BCUT2D eigenvalue weighted by Gasteiger charge is 2.19. The zero-order chi connectivity index (χ0) is 14.9. The highest BCUT2D eigenvalue weighted by molar-refractivity contribution is 7.18. The van der Waals surface area contributed by atoms with Crippen molar-refractivity contribution in [2.24, 2.45) is 0 Å². The third-order valence-electron chi connectivity index (χ3n) is 3.99. The Morgan fingerprint density at radius 1 is 1.27 bits per heavy atom. The lowest BCUT2D eigenvalue weighted by molar-refractivity contribution is 0.700. The second kappa shape index (κ2) is 5.53. The zero-order valence-corrected chi connectivity index (χ0v) is 12.9. The number of nitrogens with zero attached hydrogens (tertiary/aromatic N) is 2. The van der Waals surface area contributed by atoms with Crippen molar-refractivity contribution in [3.63, 3.8) is 0 Å². The van der Waals surface area contributed by atoms with Crippen molar-refractivity contribution in [2.45, 2.75) is 32.2 Å². The Morgan fingerprint density at radius 3 is 3.05 bits per heavy atom. The van der Waals surface area contributed by atoms with Crippen LogP contribution in [0.15, 0.2) is 29.2 Å². The van der Waals surface area contributed by atoms with Gasteiger partial charge in [0.25, 0.3) is 5.56 Å². The second-order valence-corrected chi connectivity index (χ2v) is 6.56. The number of thiophene rings is 1. The molecule has 3 aromatic heterocycles. The molecule has 0 saturated heterocycles. The Hall–Kier alpha value is -2.21. The molecule has 0 saturated carbocycles. The van der Waals surface area contributed by atoms with E-state index in [4.69, 9.17) is 0 Å². The Balaban J connectivity index is 1.67. The molecule has 1 aliphatic rings. The molecule has 3 aromatic rings. The van der Waals surface area contributed by atoms with E-state index >= 15 is 0 Å². The smallest absolute Gasteiger partial charge is 0.261 e. The van der Waals surface area contributed by atoms with Gasteiger partial charge in [-0.3, -0.25) is 14.8 Å². The van der Waals surface area contributed by atoms with Crippen LogP contribution in [0.3, 0.4) is 0 Å². The van der Waals surface area contributed by atoms with Gasteiger partial charge in [0.2, 0.25) is 5.95 Å². The van der Waals surface area contributed by atoms with Gasteiger partial charge in [-0.2, -0.15) is 0 Å². The molecule has 0 atom stereocenters. The third kappa shape index (κ3) is 2.39. The Morgan fingerprint density at radius 2 is 2.18 bits per heavy atom. The van der Waals surface area contributed by atoms with Gasteiger partial charge in [-0.05, 0) is 43.4 Å². The van der Waals surface area contributed by atoms with Crippen LogP contribution < -0.4 is 10.9 Å². The Labute approximate surface area is 131 Å². The van der Waals surface area contributed by atoms with Crippen LogP contribution in [-0.2, 0) is 19.4 Å². The molecule has 2 N–H and O–H groups in total. The lowest BCUT2D eigenvalue weighted by atomic mass is 9.97. The first kappa shape index (κ1) is 13.5. The number of aromatic amines is 1. The van der Waals surface area contributed by atoms with Crippen molar-refractivity contribution in [1.82, 2.24) is 15.0 Å². The van der Waals surface area contributed by atoms with Crippen LogP contribution in [0.5, 0.6) is 0 Å². The maximum atomic E-state index is 12.4. The summed E-state index contributed by atoms with van der Waals surface area (Å²) < 4.78 is 0. The van der Waals surface area contributed by atoms with Gasteiger partial charge >= 0.3 is 0 Å². The molecule has 0 bridgehead atoms. The number of hydrogen-bond acceptors (Lipinski definition) is 5. The topological polar surface area (TPSA) is 70.7 Å². The molecule has 4 rings (SSSR count). The number of nitrogens with one attached hydrogen (secondary N) is 2. The van der Waals surface area contributed by atoms with E-state index in [0.29, 0.717) is 12.5 Å². The van der Waals surface area contributed by atoms with Crippen LogP contribution in [-0.4, -0.2) is 15.0 Å². The molecule has 0 unspecified atom stereocenters. The molecule has 112 valence electrons. The van der Waals surface area contributed by atoms with Crippen molar-refractivity contribution in [3.8, 4) is 0 Å². The van der Waals surface area contributed by atoms with E-state index in [2.05, 4.69) is 20.3 Å². The van der Waals surface area contributed by atoms with Crippen molar-refractivity contribution in [3.05, 3.63) is 50.9 Å². The van der Waals surface area contributed by atoms with E-state index in [9.17, 15) is 4.79 Å². The molecule has 1 aliphatic carbocycles. The molecule has 0 fully saturated rings. The SMILES string of the molecule is O=c1[nH]c(NCc2ccccn2)nc2sc3c(c12)CCCC3. The Bertz CT molecular complexity index is 869. The molecule has 6 heteroatoms. The summed E-state index contributed by atoms with van der Waals surface area (Å²) in [5.41, 5.74) is 2.10. The highest BCUT2D eigenvalue weighted by atomic mass is 32.1. The first-order chi connectivity index (χ1) is 10.8. The number of H-pyrrole nitrogens is 1. The van der Waals surface area contributed by atoms with Crippen LogP contribution in [0, 0.1) is 0 Å². The van der Waals surface area contributed by atoms with Crippen molar-refractivity contribution in [2.75, 3.05) is 5.32 Å². The van der Waals surface area contributed by atoms with Crippen LogP contribution >= 0.6 is 11.3 Å². The summed E-state index contributed by atoms with van der Waals surface area (Å²) in [6.07, 6.45) is 6.21. The van der Waals surface area contributed by atoms with Crippen LogP contribution in [0.2, 0.25) is 0 Å². The van der Waals surface area contributed by atoms with Gasteiger partial charge < -0.3 is 5.32 Å². The maximum Gasteiger partial charge on any atom is 0.261 e. The summed E-state index contributed by atoms with van der Waals surface area (Å²) in [6, 6.07) is 5.76. The minimum Gasteiger partial charge on any atom is -0.350 e. The highest BCUT2D eigenvalue weighted by Crippen LogP contribution is 2.33. The molecule has 22 heavy (non-hydrogen) atoms. The summed E-state index contributed by atoms with van der Waals surface area (Å²) in [7, 11) is 0. The molecule has 0 radical (unpaired) electrons. The maximum absolute atomic E-state index is 12.4. The molecule has 5 nitrogen and oxygen atoms in total. The van der Waals surface area contributed by atoms with Crippen LogP contribution in [0.4, 0.5) is 5.95 Å². The predicted molar refractivity (Wildman–Crippen MR) is 88.4 cm³/mol.